The van der Waals surface area contributed by atoms with Gasteiger partial charge in [-0.2, -0.15) is 4.31 Å². The van der Waals surface area contributed by atoms with E-state index in [0.717, 1.165) is 30.9 Å². The first kappa shape index (κ1) is 16.1. The second-order valence-corrected chi connectivity index (χ2v) is 7.76. The van der Waals surface area contributed by atoms with Crippen LogP contribution in [0.5, 0.6) is 0 Å². The summed E-state index contributed by atoms with van der Waals surface area (Å²) < 4.78 is 27.0. The molecule has 122 valence electrons. The first-order valence-corrected chi connectivity index (χ1v) is 9.19. The van der Waals surface area contributed by atoms with Gasteiger partial charge in [0.25, 0.3) is 0 Å². The van der Waals surface area contributed by atoms with Crippen LogP contribution in [-0.4, -0.2) is 48.8 Å². The van der Waals surface area contributed by atoms with Crippen molar-refractivity contribution in [3.8, 4) is 0 Å². The summed E-state index contributed by atoms with van der Waals surface area (Å²) in [6.45, 7) is 5.15. The van der Waals surface area contributed by atoms with Crippen LogP contribution in [0.2, 0.25) is 0 Å². The highest BCUT2D eigenvalue weighted by atomic mass is 32.2. The van der Waals surface area contributed by atoms with Crippen LogP contribution in [0.1, 0.15) is 11.3 Å². The quantitative estimate of drug-likeness (QED) is 0.859. The second kappa shape index (κ2) is 6.78. The fourth-order valence-electron chi connectivity index (χ4n) is 2.77. The molecule has 5 nitrogen and oxygen atoms in total. The highest BCUT2D eigenvalue weighted by Crippen LogP contribution is 2.19. The van der Waals surface area contributed by atoms with Crippen molar-refractivity contribution >= 4 is 10.0 Å². The van der Waals surface area contributed by atoms with Crippen molar-refractivity contribution in [1.82, 2.24) is 14.2 Å². The van der Waals surface area contributed by atoms with Gasteiger partial charge in [0.1, 0.15) is 0 Å². The molecule has 1 saturated heterocycles. The molecule has 2 aromatic rings. The Kier molecular flexibility index (Phi) is 4.75. The lowest BCUT2D eigenvalue weighted by molar-refractivity contribution is 0.180. The molecule has 1 fully saturated rings. The van der Waals surface area contributed by atoms with Gasteiger partial charge in [-0.05, 0) is 36.8 Å². The topological polar surface area (TPSA) is 53.5 Å². The summed E-state index contributed by atoms with van der Waals surface area (Å²) in [5, 5.41) is 0. The molecule has 1 aromatic heterocycles. The van der Waals surface area contributed by atoms with Crippen LogP contribution in [0.4, 0.5) is 0 Å². The Hall–Kier alpha value is -1.76. The minimum absolute atomic E-state index is 0.385. The number of piperazine rings is 1. The van der Waals surface area contributed by atoms with E-state index in [-0.39, 0.29) is 0 Å². The number of aryl methyl sites for hydroxylation is 1. The molecular formula is C17H21N3O2S. The zero-order valence-corrected chi connectivity index (χ0v) is 14.0. The van der Waals surface area contributed by atoms with Crippen LogP contribution in [-0.2, 0) is 16.6 Å². The summed E-state index contributed by atoms with van der Waals surface area (Å²) in [7, 11) is -3.39. The first-order chi connectivity index (χ1) is 11.1. The maximum atomic E-state index is 12.7. The number of hydrogen-bond donors (Lipinski definition) is 0. The highest BCUT2D eigenvalue weighted by molar-refractivity contribution is 7.89. The van der Waals surface area contributed by atoms with Gasteiger partial charge in [-0.15, -0.1) is 0 Å². The van der Waals surface area contributed by atoms with Gasteiger partial charge in [-0.1, -0.05) is 18.2 Å². The maximum Gasteiger partial charge on any atom is 0.243 e. The Labute approximate surface area is 137 Å². The monoisotopic (exact) mass is 331 g/mol. The van der Waals surface area contributed by atoms with E-state index in [2.05, 4.69) is 9.88 Å². The van der Waals surface area contributed by atoms with Gasteiger partial charge in [0.05, 0.1) is 10.6 Å². The zero-order valence-electron chi connectivity index (χ0n) is 13.2. The van der Waals surface area contributed by atoms with Crippen LogP contribution >= 0.6 is 0 Å². The molecular weight excluding hydrogens is 310 g/mol. The fraction of sp³-hybridized carbons (Fsp3) is 0.353. The molecule has 3 rings (SSSR count). The largest absolute Gasteiger partial charge is 0.295 e. The molecule has 1 aliphatic rings. The van der Waals surface area contributed by atoms with Crippen LogP contribution in [0.25, 0.3) is 0 Å². The van der Waals surface area contributed by atoms with Crippen molar-refractivity contribution in [2.24, 2.45) is 0 Å². The van der Waals surface area contributed by atoms with Crippen molar-refractivity contribution in [3.63, 3.8) is 0 Å². The van der Waals surface area contributed by atoms with Crippen LogP contribution in [0, 0.1) is 6.92 Å². The smallest absolute Gasteiger partial charge is 0.243 e. The summed E-state index contributed by atoms with van der Waals surface area (Å²) in [4.78, 5) is 6.95. The third kappa shape index (κ3) is 3.77. The average molecular weight is 331 g/mol. The molecule has 6 heteroatoms. The Bertz CT molecular complexity index is 754. The molecule has 0 N–H and O–H groups in total. The molecule has 0 atom stereocenters. The van der Waals surface area contributed by atoms with E-state index in [4.69, 9.17) is 0 Å². The molecule has 23 heavy (non-hydrogen) atoms. The molecule has 1 aromatic carbocycles. The Balaban J connectivity index is 1.64. The number of sulfonamides is 1. The van der Waals surface area contributed by atoms with E-state index in [1.54, 1.807) is 28.7 Å². The predicted octanol–water partition coefficient (Wildman–Crippen LogP) is 1.90. The van der Waals surface area contributed by atoms with Crippen molar-refractivity contribution in [1.29, 1.82) is 0 Å². The molecule has 1 aliphatic heterocycles. The summed E-state index contributed by atoms with van der Waals surface area (Å²) >= 11 is 0. The molecule has 0 saturated carbocycles. The van der Waals surface area contributed by atoms with E-state index in [0.29, 0.717) is 18.0 Å². The third-order valence-electron chi connectivity index (χ3n) is 4.07. The van der Waals surface area contributed by atoms with Gasteiger partial charge in [-0.3, -0.25) is 9.88 Å². The van der Waals surface area contributed by atoms with Crippen molar-refractivity contribution < 1.29 is 8.42 Å². The second-order valence-electron chi connectivity index (χ2n) is 5.82. The van der Waals surface area contributed by atoms with Crippen molar-refractivity contribution in [3.05, 3.63) is 59.9 Å². The van der Waals surface area contributed by atoms with E-state index < -0.39 is 10.0 Å². The van der Waals surface area contributed by atoms with Crippen molar-refractivity contribution in [2.45, 2.75) is 18.4 Å². The lowest BCUT2D eigenvalue weighted by Crippen LogP contribution is -2.48. The van der Waals surface area contributed by atoms with Crippen LogP contribution in [0.15, 0.2) is 53.6 Å². The SMILES string of the molecule is Cc1cccc(S(=O)(=O)N2CCN(Cc3ccccn3)CC2)c1. The van der Waals surface area contributed by atoms with Crippen LogP contribution < -0.4 is 0 Å². The maximum absolute atomic E-state index is 12.7. The molecule has 0 spiro atoms. The third-order valence-corrected chi connectivity index (χ3v) is 5.96. The van der Waals surface area contributed by atoms with Gasteiger partial charge in [0.2, 0.25) is 10.0 Å². The number of rotatable bonds is 4. The minimum Gasteiger partial charge on any atom is -0.295 e. The van der Waals surface area contributed by atoms with Gasteiger partial charge < -0.3 is 0 Å². The zero-order chi connectivity index (χ0) is 16.3. The standard InChI is InChI=1S/C17H21N3O2S/c1-15-5-4-7-17(13-15)23(21,22)20-11-9-19(10-12-20)14-16-6-2-3-8-18-16/h2-8,13H,9-12,14H2,1H3. The van der Waals surface area contributed by atoms with E-state index in [9.17, 15) is 8.42 Å². The number of aromatic nitrogens is 1. The van der Waals surface area contributed by atoms with Gasteiger partial charge in [0, 0.05) is 38.9 Å². The first-order valence-electron chi connectivity index (χ1n) is 7.75. The van der Waals surface area contributed by atoms with Crippen molar-refractivity contribution in [2.75, 3.05) is 26.2 Å². The Morgan fingerprint density at radius 1 is 1.04 bits per heavy atom. The molecule has 2 heterocycles. The normalized spacial score (nSPS) is 17.3. The molecule has 0 unspecified atom stereocenters. The summed E-state index contributed by atoms with van der Waals surface area (Å²) in [6, 6.07) is 13.0. The van der Waals surface area contributed by atoms with Gasteiger partial charge in [0.15, 0.2) is 0 Å². The predicted molar refractivity (Wildman–Crippen MR) is 89.5 cm³/mol. The van der Waals surface area contributed by atoms with E-state index in [1.807, 2.05) is 31.2 Å². The fourth-order valence-corrected chi connectivity index (χ4v) is 4.30. The summed E-state index contributed by atoms with van der Waals surface area (Å²) in [6.07, 6.45) is 1.79. The molecule has 0 bridgehead atoms. The van der Waals surface area contributed by atoms with Gasteiger partial charge >= 0.3 is 0 Å². The summed E-state index contributed by atoms with van der Waals surface area (Å²) in [5.41, 5.74) is 1.97. The number of benzene rings is 1. The lowest BCUT2D eigenvalue weighted by Gasteiger charge is -2.33. The molecule has 0 aliphatic carbocycles. The van der Waals surface area contributed by atoms with E-state index in [1.165, 1.54) is 0 Å². The highest BCUT2D eigenvalue weighted by Gasteiger charge is 2.28. The lowest BCUT2D eigenvalue weighted by atomic mass is 10.2. The Morgan fingerprint density at radius 2 is 1.83 bits per heavy atom. The molecule has 0 amide bonds. The number of hydrogen-bond acceptors (Lipinski definition) is 4. The summed E-state index contributed by atoms with van der Waals surface area (Å²) in [5.74, 6) is 0. The minimum atomic E-state index is -3.39. The number of nitrogens with zero attached hydrogens (tertiary/aromatic N) is 3. The average Bonchev–Trinajstić information content (AvgIpc) is 2.56. The Morgan fingerprint density at radius 3 is 2.48 bits per heavy atom. The molecule has 0 radical (unpaired) electrons. The van der Waals surface area contributed by atoms with Crippen LogP contribution in [0.3, 0.4) is 0 Å². The van der Waals surface area contributed by atoms with Gasteiger partial charge in [-0.25, -0.2) is 8.42 Å². The number of pyridine rings is 1. The van der Waals surface area contributed by atoms with E-state index >= 15 is 0 Å².